The first-order chi connectivity index (χ1) is 17.6. The molecule has 0 aliphatic carbocycles. The molecule has 1 saturated heterocycles. The minimum absolute atomic E-state index is 0.00339. The van der Waals surface area contributed by atoms with Crippen LogP contribution >= 0.6 is 11.6 Å². The number of fused-ring (bicyclic) bond motifs is 4. The van der Waals surface area contributed by atoms with E-state index in [1.54, 1.807) is 15.9 Å². The van der Waals surface area contributed by atoms with Crippen LogP contribution in [0.5, 0.6) is 5.75 Å². The summed E-state index contributed by atoms with van der Waals surface area (Å²) in [6.07, 6.45) is 0.455. The van der Waals surface area contributed by atoms with Crippen LogP contribution in [0, 0.1) is 0 Å². The van der Waals surface area contributed by atoms with E-state index in [4.69, 9.17) is 16.3 Å². The molecule has 4 aromatic rings. The summed E-state index contributed by atoms with van der Waals surface area (Å²) in [5, 5.41) is 1.67. The van der Waals surface area contributed by atoms with Gasteiger partial charge in [0.05, 0.1) is 6.61 Å². The molecule has 2 atom stereocenters. The van der Waals surface area contributed by atoms with E-state index in [0.717, 1.165) is 33.3 Å². The Labute approximate surface area is 214 Å². The predicted octanol–water partition coefficient (Wildman–Crippen LogP) is 5.11. The Morgan fingerprint density at radius 3 is 2.58 bits per heavy atom. The molecule has 2 aliphatic rings. The van der Waals surface area contributed by atoms with Crippen molar-refractivity contribution in [1.29, 1.82) is 0 Å². The van der Waals surface area contributed by atoms with Crippen molar-refractivity contribution in [3.05, 3.63) is 100 Å². The number of nitrogens with one attached hydrogen (secondary N) is 1. The Bertz CT molecular complexity index is 1480. The number of aromatic amines is 1. The van der Waals surface area contributed by atoms with Crippen molar-refractivity contribution >= 4 is 34.3 Å². The number of carbonyl (C=O) groups is 2. The molecule has 0 radical (unpaired) electrons. The molecule has 0 unspecified atom stereocenters. The topological polar surface area (TPSA) is 65.6 Å². The Kier molecular flexibility index (Phi) is 5.69. The molecule has 7 heteroatoms. The molecule has 2 amide bonds. The number of piperazine rings is 1. The molecular weight excluding hydrogens is 474 g/mol. The van der Waals surface area contributed by atoms with Crippen LogP contribution < -0.4 is 4.74 Å². The molecule has 36 heavy (non-hydrogen) atoms. The molecule has 3 heterocycles. The van der Waals surface area contributed by atoms with E-state index in [1.165, 1.54) is 0 Å². The zero-order valence-corrected chi connectivity index (χ0v) is 20.7. The number of halogens is 1. The maximum absolute atomic E-state index is 13.9. The molecule has 0 saturated carbocycles. The SMILES string of the molecule is CCOc1ccccc1[C@@H]1c2[nH]c3ccccc3c2C[C@H]2C(=O)N(Cc3ccccc3Cl)CC(=O)N12. The number of aromatic nitrogens is 1. The van der Waals surface area contributed by atoms with Gasteiger partial charge in [0.1, 0.15) is 24.4 Å². The third-order valence-corrected chi connectivity index (χ3v) is 7.54. The fourth-order valence-corrected chi connectivity index (χ4v) is 5.80. The van der Waals surface area contributed by atoms with E-state index < -0.39 is 12.1 Å². The third-order valence-electron chi connectivity index (χ3n) is 7.17. The summed E-state index contributed by atoms with van der Waals surface area (Å²) < 4.78 is 5.97. The zero-order chi connectivity index (χ0) is 24.8. The summed E-state index contributed by atoms with van der Waals surface area (Å²) in [6.45, 7) is 2.75. The second kappa shape index (κ2) is 9.03. The van der Waals surface area contributed by atoms with Crippen LogP contribution in [0.15, 0.2) is 72.8 Å². The lowest BCUT2D eigenvalue weighted by molar-refractivity contribution is -0.159. The zero-order valence-electron chi connectivity index (χ0n) is 19.9. The number of carbonyl (C=O) groups excluding carboxylic acids is 2. The minimum Gasteiger partial charge on any atom is -0.494 e. The maximum Gasteiger partial charge on any atom is 0.246 e. The number of benzene rings is 3. The van der Waals surface area contributed by atoms with Crippen LogP contribution in [0.25, 0.3) is 10.9 Å². The molecule has 1 fully saturated rings. The van der Waals surface area contributed by atoms with Crippen LogP contribution in [-0.4, -0.2) is 45.8 Å². The number of ether oxygens (including phenoxy) is 1. The van der Waals surface area contributed by atoms with Crippen molar-refractivity contribution in [1.82, 2.24) is 14.8 Å². The number of hydrogen-bond acceptors (Lipinski definition) is 3. The molecular formula is C29H26ClN3O3. The first kappa shape index (κ1) is 22.7. The van der Waals surface area contributed by atoms with E-state index in [2.05, 4.69) is 11.1 Å². The lowest BCUT2D eigenvalue weighted by atomic mass is 9.85. The van der Waals surface area contributed by atoms with Gasteiger partial charge in [0.25, 0.3) is 0 Å². The highest BCUT2D eigenvalue weighted by Gasteiger charge is 2.48. The smallest absolute Gasteiger partial charge is 0.246 e. The van der Waals surface area contributed by atoms with E-state index in [9.17, 15) is 9.59 Å². The van der Waals surface area contributed by atoms with E-state index in [0.29, 0.717) is 30.3 Å². The summed E-state index contributed by atoms with van der Waals surface area (Å²) in [5.41, 5.74) is 4.71. The highest BCUT2D eigenvalue weighted by Crippen LogP contribution is 2.45. The Hall–Kier alpha value is -3.77. The lowest BCUT2D eigenvalue weighted by Crippen LogP contribution is -2.62. The normalized spacial score (nSPS) is 19.4. The average molecular weight is 500 g/mol. The predicted molar refractivity (Wildman–Crippen MR) is 139 cm³/mol. The van der Waals surface area contributed by atoms with Gasteiger partial charge in [-0.15, -0.1) is 0 Å². The molecule has 0 spiro atoms. The van der Waals surface area contributed by atoms with Crippen LogP contribution in [0.3, 0.4) is 0 Å². The van der Waals surface area contributed by atoms with Gasteiger partial charge >= 0.3 is 0 Å². The van der Waals surface area contributed by atoms with Crippen LogP contribution in [0.2, 0.25) is 5.02 Å². The molecule has 3 aromatic carbocycles. The second-order valence-corrected chi connectivity index (χ2v) is 9.65. The summed E-state index contributed by atoms with van der Waals surface area (Å²) in [4.78, 5) is 34.7. The van der Waals surface area contributed by atoms with Crippen molar-refractivity contribution in [3.63, 3.8) is 0 Å². The fourth-order valence-electron chi connectivity index (χ4n) is 5.61. The van der Waals surface area contributed by atoms with Gasteiger partial charge in [0, 0.05) is 40.1 Å². The van der Waals surface area contributed by atoms with Gasteiger partial charge in [0.15, 0.2) is 0 Å². The number of nitrogens with zero attached hydrogens (tertiary/aromatic N) is 2. The van der Waals surface area contributed by atoms with Gasteiger partial charge in [-0.25, -0.2) is 0 Å². The Morgan fingerprint density at radius 1 is 1.00 bits per heavy atom. The molecule has 1 aromatic heterocycles. The number of rotatable bonds is 5. The third kappa shape index (κ3) is 3.64. The molecule has 1 N–H and O–H groups in total. The van der Waals surface area contributed by atoms with Crippen molar-refractivity contribution in [2.45, 2.75) is 32.0 Å². The van der Waals surface area contributed by atoms with Crippen molar-refractivity contribution in [2.24, 2.45) is 0 Å². The maximum atomic E-state index is 13.9. The summed E-state index contributed by atoms with van der Waals surface area (Å²) in [7, 11) is 0. The first-order valence-electron chi connectivity index (χ1n) is 12.2. The van der Waals surface area contributed by atoms with Crippen LogP contribution in [0.4, 0.5) is 0 Å². The molecule has 182 valence electrons. The molecule has 6 rings (SSSR count). The summed E-state index contributed by atoms with van der Waals surface area (Å²) >= 11 is 6.38. The van der Waals surface area contributed by atoms with Gasteiger partial charge < -0.3 is 19.5 Å². The number of para-hydroxylation sites is 2. The van der Waals surface area contributed by atoms with Gasteiger partial charge in [-0.3, -0.25) is 9.59 Å². The van der Waals surface area contributed by atoms with E-state index in [-0.39, 0.29) is 18.4 Å². The number of amides is 2. The minimum atomic E-state index is -0.611. The average Bonchev–Trinajstić information content (AvgIpc) is 3.26. The second-order valence-electron chi connectivity index (χ2n) is 9.24. The highest BCUT2D eigenvalue weighted by molar-refractivity contribution is 6.31. The summed E-state index contributed by atoms with van der Waals surface area (Å²) in [5.74, 6) is 0.561. The first-order valence-corrected chi connectivity index (χ1v) is 12.6. The highest BCUT2D eigenvalue weighted by atomic mass is 35.5. The van der Waals surface area contributed by atoms with Crippen LogP contribution in [-0.2, 0) is 22.6 Å². The van der Waals surface area contributed by atoms with Crippen LogP contribution in [0.1, 0.15) is 35.3 Å². The van der Waals surface area contributed by atoms with E-state index >= 15 is 0 Å². The number of hydrogen-bond donors (Lipinski definition) is 1. The molecule has 2 aliphatic heterocycles. The van der Waals surface area contributed by atoms with Crippen molar-refractivity contribution in [3.8, 4) is 5.75 Å². The van der Waals surface area contributed by atoms with Crippen molar-refractivity contribution < 1.29 is 14.3 Å². The van der Waals surface area contributed by atoms with Gasteiger partial charge in [0.2, 0.25) is 11.8 Å². The van der Waals surface area contributed by atoms with Gasteiger partial charge in [-0.2, -0.15) is 0 Å². The molecule has 0 bridgehead atoms. The van der Waals surface area contributed by atoms with Gasteiger partial charge in [-0.05, 0) is 36.2 Å². The Morgan fingerprint density at radius 2 is 1.75 bits per heavy atom. The largest absolute Gasteiger partial charge is 0.494 e. The standard InChI is InChI=1S/C29H26ClN3O3/c1-2-36-25-14-8-5-11-20(25)28-27-21(19-10-4-7-13-23(19)31-27)15-24-29(35)32(17-26(34)33(24)28)16-18-9-3-6-12-22(18)30/h3-14,24,28,31H,2,15-17H2,1H3/t24-,28+/m0/s1. The fraction of sp³-hybridized carbons (Fsp3) is 0.241. The summed E-state index contributed by atoms with van der Waals surface area (Å²) in [6, 6.07) is 22.3. The van der Waals surface area contributed by atoms with Gasteiger partial charge in [-0.1, -0.05) is 66.2 Å². The quantitative estimate of drug-likeness (QED) is 0.415. The molecule has 6 nitrogen and oxygen atoms in total. The lowest BCUT2D eigenvalue weighted by Gasteiger charge is -2.47. The van der Waals surface area contributed by atoms with E-state index in [1.807, 2.05) is 67.6 Å². The Balaban J connectivity index is 1.48. The number of H-pyrrole nitrogens is 1. The van der Waals surface area contributed by atoms with Crippen molar-refractivity contribution in [2.75, 3.05) is 13.2 Å². The monoisotopic (exact) mass is 499 g/mol.